The van der Waals surface area contributed by atoms with Gasteiger partial charge in [0.05, 0.1) is 26.4 Å². The van der Waals surface area contributed by atoms with Crippen molar-refractivity contribution in [1.29, 1.82) is 0 Å². The normalized spacial score (nSPS) is 11.4. The molecule has 0 bridgehead atoms. The second-order valence-corrected chi connectivity index (χ2v) is 6.77. The highest BCUT2D eigenvalue weighted by Crippen LogP contribution is 2.25. The molecule has 0 aliphatic carbocycles. The molecule has 110 valence electrons. The minimum Gasteiger partial charge on any atom is -0.327 e. The Morgan fingerprint density at radius 2 is 2.19 bits per heavy atom. The molecule has 0 radical (unpaired) electrons. The van der Waals surface area contributed by atoms with E-state index >= 15 is 0 Å². The fraction of sp³-hybridized carbons (Fsp3) is 0.286. The van der Waals surface area contributed by atoms with Crippen molar-refractivity contribution >= 4 is 49.9 Å². The molecule has 21 heavy (non-hydrogen) atoms. The molecular formula is C14H12BrClFN3S. The van der Waals surface area contributed by atoms with Gasteiger partial charge >= 0.3 is 0 Å². The second kappa shape index (κ2) is 6.02. The number of rotatable bonds is 4. The van der Waals surface area contributed by atoms with Crippen molar-refractivity contribution in [1.82, 2.24) is 14.5 Å². The molecule has 7 heteroatoms. The number of alkyl halides is 1. The molecule has 0 aliphatic heterocycles. The summed E-state index contributed by atoms with van der Waals surface area (Å²) in [6.45, 7) is 2.71. The molecule has 0 saturated heterocycles. The summed E-state index contributed by atoms with van der Waals surface area (Å²) in [5.41, 5.74) is 2.54. The third-order valence-corrected chi connectivity index (χ3v) is 5.08. The average Bonchev–Trinajstić information content (AvgIpc) is 3.01. The first kappa shape index (κ1) is 14.9. The van der Waals surface area contributed by atoms with E-state index in [1.807, 2.05) is 16.9 Å². The molecule has 0 fully saturated rings. The number of nitrogens with zero attached hydrogens (tertiary/aromatic N) is 3. The Morgan fingerprint density at radius 1 is 1.38 bits per heavy atom. The van der Waals surface area contributed by atoms with E-state index in [2.05, 4.69) is 25.9 Å². The molecule has 0 unspecified atom stereocenters. The zero-order valence-corrected chi connectivity index (χ0v) is 14.4. The lowest BCUT2D eigenvalue weighted by molar-refractivity contribution is 0.622. The van der Waals surface area contributed by atoms with E-state index < -0.39 is 0 Å². The van der Waals surface area contributed by atoms with Gasteiger partial charge in [0.1, 0.15) is 11.6 Å². The molecule has 0 N–H and O–H groups in total. The molecule has 0 saturated carbocycles. The van der Waals surface area contributed by atoms with Gasteiger partial charge in [-0.3, -0.25) is 0 Å². The molecule has 3 rings (SSSR count). The summed E-state index contributed by atoms with van der Waals surface area (Å²) >= 11 is 10.8. The van der Waals surface area contributed by atoms with E-state index in [1.54, 1.807) is 17.4 Å². The average molecular weight is 389 g/mol. The third kappa shape index (κ3) is 2.98. The number of imidazole rings is 1. The summed E-state index contributed by atoms with van der Waals surface area (Å²) < 4.78 is 16.1. The number of aromatic nitrogens is 3. The van der Waals surface area contributed by atoms with Gasteiger partial charge < -0.3 is 4.57 Å². The van der Waals surface area contributed by atoms with Crippen LogP contribution in [0.4, 0.5) is 4.39 Å². The quantitative estimate of drug-likeness (QED) is 0.607. The van der Waals surface area contributed by atoms with Crippen LogP contribution in [0.15, 0.2) is 22.0 Å². The van der Waals surface area contributed by atoms with E-state index in [4.69, 9.17) is 11.6 Å². The Labute approximate surface area is 138 Å². The second-order valence-electron chi connectivity index (χ2n) is 4.70. The number of hydrogen-bond acceptors (Lipinski definition) is 3. The zero-order valence-electron chi connectivity index (χ0n) is 11.2. The van der Waals surface area contributed by atoms with Crippen LogP contribution in [0.1, 0.15) is 16.5 Å². The molecule has 0 aliphatic rings. The molecule has 0 spiro atoms. The largest absolute Gasteiger partial charge is 0.327 e. The Bertz CT molecular complexity index is 799. The first-order chi connectivity index (χ1) is 10.1. The molecule has 3 nitrogen and oxygen atoms in total. The highest BCUT2D eigenvalue weighted by molar-refractivity contribution is 9.10. The lowest BCUT2D eigenvalue weighted by Crippen LogP contribution is -2.05. The van der Waals surface area contributed by atoms with Crippen LogP contribution in [0, 0.1) is 12.7 Å². The highest BCUT2D eigenvalue weighted by Gasteiger charge is 2.13. The monoisotopic (exact) mass is 387 g/mol. The van der Waals surface area contributed by atoms with Gasteiger partial charge in [0.15, 0.2) is 0 Å². The summed E-state index contributed by atoms with van der Waals surface area (Å²) in [6.07, 6.45) is 0.808. The Kier molecular flexibility index (Phi) is 4.28. The van der Waals surface area contributed by atoms with Gasteiger partial charge in [0.2, 0.25) is 0 Å². The van der Waals surface area contributed by atoms with Crippen molar-refractivity contribution in [3.8, 4) is 0 Å². The molecule has 0 amide bonds. The number of hydrogen-bond donors (Lipinski definition) is 0. The topological polar surface area (TPSA) is 30.7 Å². The number of fused-ring (bicyclic) bond motifs is 1. The van der Waals surface area contributed by atoms with Gasteiger partial charge in [0.25, 0.3) is 0 Å². The van der Waals surface area contributed by atoms with Crippen molar-refractivity contribution in [2.75, 3.05) is 0 Å². The Morgan fingerprint density at radius 3 is 2.86 bits per heavy atom. The molecular weight excluding hydrogens is 377 g/mol. The van der Waals surface area contributed by atoms with Crippen molar-refractivity contribution in [2.45, 2.75) is 25.8 Å². The molecule has 0 atom stereocenters. The molecule has 2 aromatic heterocycles. The standard InChI is InChI=1S/C14H12BrClFN3S/c1-8-7-21-14(18-8)2-3-20-12-4-9(15)10(17)5-11(12)19-13(20)6-16/h4-5,7H,2-3,6H2,1H3. The van der Waals surface area contributed by atoms with Crippen LogP contribution in [0.2, 0.25) is 0 Å². The highest BCUT2D eigenvalue weighted by atomic mass is 79.9. The van der Waals surface area contributed by atoms with Crippen molar-refractivity contribution in [3.05, 3.63) is 44.3 Å². The molecule has 2 heterocycles. The maximum atomic E-state index is 13.6. The van der Waals surface area contributed by atoms with Crippen LogP contribution in [0.3, 0.4) is 0 Å². The van der Waals surface area contributed by atoms with Crippen molar-refractivity contribution in [2.24, 2.45) is 0 Å². The number of halogens is 3. The van der Waals surface area contributed by atoms with Crippen LogP contribution in [-0.2, 0) is 18.8 Å². The summed E-state index contributed by atoms with van der Waals surface area (Å²) in [7, 11) is 0. The van der Waals surface area contributed by atoms with E-state index in [1.165, 1.54) is 6.07 Å². The minimum absolute atomic E-state index is 0.296. The van der Waals surface area contributed by atoms with Gasteiger partial charge in [-0.15, -0.1) is 22.9 Å². The van der Waals surface area contributed by atoms with Gasteiger partial charge in [-0.2, -0.15) is 0 Å². The Hall–Kier alpha value is -0.980. The predicted molar refractivity (Wildman–Crippen MR) is 87.5 cm³/mol. The number of benzene rings is 1. The fourth-order valence-corrected chi connectivity index (χ4v) is 3.55. The molecule has 3 aromatic rings. The first-order valence-electron chi connectivity index (χ1n) is 6.39. The van der Waals surface area contributed by atoms with Crippen LogP contribution in [-0.4, -0.2) is 14.5 Å². The van der Waals surface area contributed by atoms with Gasteiger partial charge in [-0.1, -0.05) is 0 Å². The van der Waals surface area contributed by atoms with E-state index in [0.29, 0.717) is 15.9 Å². The maximum Gasteiger partial charge on any atom is 0.139 e. The molecule has 1 aromatic carbocycles. The SMILES string of the molecule is Cc1csc(CCn2c(CCl)nc3cc(F)c(Br)cc32)n1. The lowest BCUT2D eigenvalue weighted by atomic mass is 10.3. The fourth-order valence-electron chi connectivity index (χ4n) is 2.25. The van der Waals surface area contributed by atoms with E-state index in [0.717, 1.165) is 35.0 Å². The Balaban J connectivity index is 1.97. The van der Waals surface area contributed by atoms with Gasteiger partial charge in [-0.05, 0) is 28.9 Å². The van der Waals surface area contributed by atoms with E-state index in [9.17, 15) is 4.39 Å². The number of thiazole rings is 1. The summed E-state index contributed by atoms with van der Waals surface area (Å²) in [6, 6.07) is 3.18. The minimum atomic E-state index is -0.316. The maximum absolute atomic E-state index is 13.6. The van der Waals surface area contributed by atoms with Crippen LogP contribution >= 0.6 is 38.9 Å². The van der Waals surface area contributed by atoms with Crippen LogP contribution in [0.5, 0.6) is 0 Å². The predicted octanol–water partition coefficient (Wildman–Crippen LogP) is 4.68. The van der Waals surface area contributed by atoms with E-state index in [-0.39, 0.29) is 5.82 Å². The smallest absolute Gasteiger partial charge is 0.139 e. The summed E-state index contributed by atoms with van der Waals surface area (Å²) in [5.74, 6) is 0.728. The first-order valence-corrected chi connectivity index (χ1v) is 8.60. The van der Waals surface area contributed by atoms with Crippen LogP contribution in [0.25, 0.3) is 11.0 Å². The van der Waals surface area contributed by atoms with Gasteiger partial charge in [0, 0.05) is 30.1 Å². The lowest BCUT2D eigenvalue weighted by Gasteiger charge is -2.06. The van der Waals surface area contributed by atoms with Crippen LogP contribution < -0.4 is 0 Å². The van der Waals surface area contributed by atoms with Gasteiger partial charge in [-0.25, -0.2) is 14.4 Å². The van der Waals surface area contributed by atoms with Crippen molar-refractivity contribution in [3.63, 3.8) is 0 Å². The zero-order chi connectivity index (χ0) is 15.0. The summed E-state index contributed by atoms with van der Waals surface area (Å²) in [5, 5.41) is 3.12. The van der Waals surface area contributed by atoms with Crippen molar-refractivity contribution < 1.29 is 4.39 Å². The number of aryl methyl sites for hydroxylation is 3. The third-order valence-electron chi connectivity index (χ3n) is 3.20. The summed E-state index contributed by atoms with van der Waals surface area (Å²) in [4.78, 5) is 8.86.